The lowest BCUT2D eigenvalue weighted by atomic mass is 9.98. The molecule has 0 amide bonds. The average molecular weight is 445 g/mol. The van der Waals surface area contributed by atoms with Gasteiger partial charge in [-0.05, 0) is 42.7 Å². The van der Waals surface area contributed by atoms with E-state index in [0.717, 1.165) is 68.1 Å². The van der Waals surface area contributed by atoms with Crippen LogP contribution in [0.15, 0.2) is 34.4 Å². The maximum Gasteiger partial charge on any atom is 0.193 e. The molecule has 1 fully saturated rings. The van der Waals surface area contributed by atoms with E-state index in [2.05, 4.69) is 62.2 Å². The molecule has 0 radical (unpaired) electrons. The summed E-state index contributed by atoms with van der Waals surface area (Å²) in [7, 11) is 3.57. The highest BCUT2D eigenvalue weighted by atomic mass is 32.2. The van der Waals surface area contributed by atoms with Gasteiger partial charge in [-0.25, -0.2) is 0 Å². The molecule has 7 nitrogen and oxygen atoms in total. The van der Waals surface area contributed by atoms with E-state index in [-0.39, 0.29) is 0 Å². The fraction of sp³-hybridized carbons (Fsp3) is 0.609. The molecule has 1 unspecified atom stereocenters. The molecule has 1 aliphatic heterocycles. The SMILES string of the molecule is CN=C(NCCCc1nnc(SC)n1CC(C)C)N1CCC(c2ccc(OC)cc2)C1. The third-order valence-electron chi connectivity index (χ3n) is 5.67. The first-order valence-corrected chi connectivity index (χ1v) is 12.3. The molecule has 8 heteroatoms. The van der Waals surface area contributed by atoms with Crippen molar-refractivity contribution in [3.8, 4) is 5.75 Å². The minimum Gasteiger partial charge on any atom is -0.497 e. The van der Waals surface area contributed by atoms with Crippen LogP contribution in [0.3, 0.4) is 0 Å². The van der Waals surface area contributed by atoms with E-state index < -0.39 is 0 Å². The van der Waals surface area contributed by atoms with Crippen molar-refractivity contribution in [2.24, 2.45) is 10.9 Å². The Morgan fingerprint density at radius 3 is 2.71 bits per heavy atom. The molecule has 31 heavy (non-hydrogen) atoms. The molecule has 1 saturated heterocycles. The van der Waals surface area contributed by atoms with Gasteiger partial charge in [0.25, 0.3) is 0 Å². The molecule has 1 atom stereocenters. The first kappa shape index (κ1) is 23.4. The number of likely N-dealkylation sites (tertiary alicyclic amines) is 1. The van der Waals surface area contributed by atoms with Crippen molar-refractivity contribution in [1.29, 1.82) is 0 Å². The first-order chi connectivity index (χ1) is 15.0. The fourth-order valence-corrected chi connectivity index (χ4v) is 4.61. The summed E-state index contributed by atoms with van der Waals surface area (Å²) in [5.41, 5.74) is 1.37. The second-order valence-corrected chi connectivity index (χ2v) is 9.16. The number of aromatic nitrogens is 3. The molecule has 1 aromatic heterocycles. The highest BCUT2D eigenvalue weighted by Gasteiger charge is 2.26. The van der Waals surface area contributed by atoms with Gasteiger partial charge in [-0.15, -0.1) is 10.2 Å². The number of hydrogen-bond acceptors (Lipinski definition) is 5. The van der Waals surface area contributed by atoms with Crippen molar-refractivity contribution in [2.75, 3.05) is 40.0 Å². The summed E-state index contributed by atoms with van der Waals surface area (Å²) in [6.07, 6.45) is 5.12. The normalized spacial score (nSPS) is 16.9. The number of nitrogens with one attached hydrogen (secondary N) is 1. The minimum absolute atomic E-state index is 0.531. The van der Waals surface area contributed by atoms with Crippen LogP contribution in [0.4, 0.5) is 0 Å². The van der Waals surface area contributed by atoms with Gasteiger partial charge in [-0.1, -0.05) is 37.7 Å². The van der Waals surface area contributed by atoms with Gasteiger partial charge < -0.3 is 19.5 Å². The van der Waals surface area contributed by atoms with E-state index in [1.54, 1.807) is 18.9 Å². The monoisotopic (exact) mass is 444 g/mol. The number of rotatable bonds is 9. The van der Waals surface area contributed by atoms with Crippen LogP contribution < -0.4 is 10.1 Å². The van der Waals surface area contributed by atoms with E-state index in [0.29, 0.717) is 11.8 Å². The Hall–Kier alpha value is -2.22. The number of aryl methyl sites for hydroxylation is 1. The highest BCUT2D eigenvalue weighted by Crippen LogP contribution is 2.28. The summed E-state index contributed by atoms with van der Waals surface area (Å²) < 4.78 is 7.55. The Balaban J connectivity index is 1.48. The third kappa shape index (κ3) is 6.15. The van der Waals surface area contributed by atoms with Gasteiger partial charge >= 0.3 is 0 Å². The lowest BCUT2D eigenvalue weighted by Crippen LogP contribution is -2.40. The van der Waals surface area contributed by atoms with Crippen molar-refractivity contribution in [3.63, 3.8) is 0 Å². The topological polar surface area (TPSA) is 67.6 Å². The van der Waals surface area contributed by atoms with Crippen LogP contribution in [0.5, 0.6) is 5.75 Å². The maximum atomic E-state index is 5.28. The smallest absolute Gasteiger partial charge is 0.193 e. The van der Waals surface area contributed by atoms with E-state index in [4.69, 9.17) is 4.74 Å². The number of methoxy groups -OCH3 is 1. The second kappa shape index (κ2) is 11.4. The van der Waals surface area contributed by atoms with Crippen LogP contribution in [0.25, 0.3) is 0 Å². The number of ether oxygens (including phenoxy) is 1. The quantitative estimate of drug-likeness (QED) is 0.276. The van der Waals surface area contributed by atoms with Gasteiger partial charge in [0, 0.05) is 45.6 Å². The van der Waals surface area contributed by atoms with Crippen molar-refractivity contribution >= 4 is 17.7 Å². The summed E-state index contributed by atoms with van der Waals surface area (Å²) in [5.74, 6) is 4.08. The standard InChI is InChI=1S/C23H36N6OS/c1-17(2)15-29-21(26-27-23(29)31-5)7-6-13-25-22(24-3)28-14-12-19(16-28)18-8-10-20(30-4)11-9-18/h8-11,17,19H,6-7,12-16H2,1-5H3,(H,24,25). The van der Waals surface area contributed by atoms with Gasteiger partial charge in [0.2, 0.25) is 0 Å². The van der Waals surface area contributed by atoms with Crippen molar-refractivity contribution in [2.45, 2.75) is 50.7 Å². The van der Waals surface area contributed by atoms with Crippen LogP contribution in [-0.4, -0.2) is 65.7 Å². The highest BCUT2D eigenvalue weighted by molar-refractivity contribution is 7.98. The van der Waals surface area contributed by atoms with Crippen molar-refractivity contribution in [1.82, 2.24) is 25.0 Å². The molecule has 1 aliphatic rings. The molecular weight excluding hydrogens is 408 g/mol. The molecule has 2 aromatic rings. The summed E-state index contributed by atoms with van der Waals surface area (Å²) in [4.78, 5) is 6.88. The van der Waals surface area contributed by atoms with Crippen LogP contribution >= 0.6 is 11.8 Å². The zero-order chi connectivity index (χ0) is 22.2. The predicted molar refractivity (Wildman–Crippen MR) is 128 cm³/mol. The Morgan fingerprint density at radius 1 is 1.29 bits per heavy atom. The fourth-order valence-electron chi connectivity index (χ4n) is 4.08. The average Bonchev–Trinajstić information content (AvgIpc) is 3.41. The number of nitrogens with zero attached hydrogens (tertiary/aromatic N) is 5. The number of guanidine groups is 1. The second-order valence-electron chi connectivity index (χ2n) is 8.39. The van der Waals surface area contributed by atoms with E-state index >= 15 is 0 Å². The largest absolute Gasteiger partial charge is 0.497 e. The molecule has 0 saturated carbocycles. The van der Waals surface area contributed by atoms with Gasteiger partial charge in [0.1, 0.15) is 11.6 Å². The van der Waals surface area contributed by atoms with E-state index in [1.165, 1.54) is 5.56 Å². The van der Waals surface area contributed by atoms with Gasteiger partial charge in [-0.3, -0.25) is 4.99 Å². The van der Waals surface area contributed by atoms with Gasteiger partial charge in [0.15, 0.2) is 11.1 Å². The van der Waals surface area contributed by atoms with Crippen LogP contribution in [0, 0.1) is 5.92 Å². The lowest BCUT2D eigenvalue weighted by molar-refractivity contribution is 0.414. The molecule has 0 spiro atoms. The summed E-state index contributed by atoms with van der Waals surface area (Å²) in [6, 6.07) is 8.45. The Morgan fingerprint density at radius 2 is 2.06 bits per heavy atom. The van der Waals surface area contributed by atoms with E-state index in [1.807, 2.05) is 19.2 Å². The summed E-state index contributed by atoms with van der Waals surface area (Å²) in [6.45, 7) is 8.32. The Bertz CT molecular complexity index is 848. The molecule has 0 aliphatic carbocycles. The lowest BCUT2D eigenvalue weighted by Gasteiger charge is -2.22. The van der Waals surface area contributed by atoms with Gasteiger partial charge in [-0.2, -0.15) is 0 Å². The molecule has 1 N–H and O–H groups in total. The number of thioether (sulfide) groups is 1. The predicted octanol–water partition coefficient (Wildman–Crippen LogP) is 3.66. The Labute approximate surface area is 190 Å². The molecular formula is C23H36N6OS. The zero-order valence-electron chi connectivity index (χ0n) is 19.5. The zero-order valence-corrected chi connectivity index (χ0v) is 20.3. The molecule has 0 bridgehead atoms. The van der Waals surface area contributed by atoms with Crippen molar-refractivity contribution in [3.05, 3.63) is 35.7 Å². The summed E-state index contributed by atoms with van der Waals surface area (Å²) >= 11 is 1.66. The van der Waals surface area contributed by atoms with Gasteiger partial charge in [0.05, 0.1) is 7.11 Å². The third-order valence-corrected chi connectivity index (χ3v) is 6.34. The Kier molecular flexibility index (Phi) is 8.63. The van der Waals surface area contributed by atoms with Crippen LogP contribution in [-0.2, 0) is 13.0 Å². The maximum absolute atomic E-state index is 5.28. The summed E-state index contributed by atoms with van der Waals surface area (Å²) in [5, 5.41) is 13.3. The van der Waals surface area contributed by atoms with E-state index in [9.17, 15) is 0 Å². The van der Waals surface area contributed by atoms with Crippen molar-refractivity contribution < 1.29 is 4.74 Å². The van der Waals surface area contributed by atoms with Crippen LogP contribution in [0.2, 0.25) is 0 Å². The number of hydrogen-bond donors (Lipinski definition) is 1. The molecule has 170 valence electrons. The molecule has 3 rings (SSSR count). The molecule has 1 aromatic carbocycles. The number of benzene rings is 1. The number of aliphatic imine (C=N–C) groups is 1. The minimum atomic E-state index is 0.531. The first-order valence-electron chi connectivity index (χ1n) is 11.1. The van der Waals surface area contributed by atoms with Crippen LogP contribution in [0.1, 0.15) is 44.0 Å². The molecule has 2 heterocycles.